The van der Waals surface area contributed by atoms with Gasteiger partial charge in [-0.3, -0.25) is 4.40 Å². The molecule has 0 atom stereocenters. The highest BCUT2D eigenvalue weighted by Crippen LogP contribution is 2.40. The van der Waals surface area contributed by atoms with Gasteiger partial charge >= 0.3 is 6.18 Å². The number of nitrogens with zero attached hydrogens (tertiary/aromatic N) is 4. The maximum Gasteiger partial charge on any atom is 0.416 e. The van der Waals surface area contributed by atoms with Gasteiger partial charge in [-0.1, -0.05) is 31.2 Å². The van der Waals surface area contributed by atoms with Crippen molar-refractivity contribution in [3.05, 3.63) is 87.8 Å². The van der Waals surface area contributed by atoms with Gasteiger partial charge in [-0.25, -0.2) is 27.1 Å². The summed E-state index contributed by atoms with van der Waals surface area (Å²) in [5, 5.41) is 10.3. The van der Waals surface area contributed by atoms with Crippen molar-refractivity contribution in [2.24, 2.45) is 0 Å². The lowest BCUT2D eigenvalue weighted by Gasteiger charge is -2.30. The third-order valence-electron chi connectivity index (χ3n) is 8.64. The topological polar surface area (TPSA) is 87.8 Å². The number of pyridine rings is 1. The van der Waals surface area contributed by atoms with Gasteiger partial charge in [-0.05, 0) is 67.5 Å². The average Bonchev–Trinajstić information content (AvgIpc) is 3.63. The lowest BCUT2D eigenvalue weighted by molar-refractivity contribution is -0.137. The number of imidazole rings is 1. The molecule has 46 heavy (non-hydrogen) atoms. The molecular weight excluding hydrogens is 641 g/mol. The first kappa shape index (κ1) is 32.3. The van der Waals surface area contributed by atoms with Crippen molar-refractivity contribution in [2.45, 2.75) is 51.8 Å². The summed E-state index contributed by atoms with van der Waals surface area (Å²) in [7, 11) is -3.24. The van der Waals surface area contributed by atoms with E-state index in [1.165, 1.54) is 22.7 Å². The first-order chi connectivity index (χ1) is 21.8. The van der Waals surface area contributed by atoms with E-state index in [9.17, 15) is 26.7 Å². The minimum atomic E-state index is -4.48. The first-order valence-corrected chi connectivity index (χ1v) is 17.5. The van der Waals surface area contributed by atoms with Crippen LogP contribution in [0.1, 0.15) is 52.9 Å². The van der Waals surface area contributed by atoms with Gasteiger partial charge in [-0.15, -0.1) is 11.3 Å². The highest BCUT2D eigenvalue weighted by atomic mass is 32.2. The monoisotopic (exact) mass is 672 g/mol. The third-order valence-corrected chi connectivity index (χ3v) is 11.0. The van der Waals surface area contributed by atoms with Crippen LogP contribution in [0.2, 0.25) is 0 Å². The Morgan fingerprint density at radius 2 is 1.67 bits per heavy atom. The van der Waals surface area contributed by atoms with Crippen LogP contribution in [0.4, 0.5) is 17.6 Å². The molecule has 1 fully saturated rings. The van der Waals surface area contributed by atoms with Crippen molar-refractivity contribution in [2.75, 3.05) is 19.3 Å². The predicted molar refractivity (Wildman–Crippen MR) is 171 cm³/mol. The molecule has 2 aromatic carbocycles. The lowest BCUT2D eigenvalue weighted by atomic mass is 9.91. The molecule has 4 heterocycles. The second kappa shape index (κ2) is 12.2. The van der Waals surface area contributed by atoms with Gasteiger partial charge in [0.15, 0.2) is 0 Å². The Morgan fingerprint density at radius 3 is 2.28 bits per heavy atom. The van der Waals surface area contributed by atoms with Gasteiger partial charge in [0.25, 0.3) is 0 Å². The third kappa shape index (κ3) is 5.96. The minimum Gasteiger partial charge on any atom is -0.391 e. The SMILES string of the molecule is CCc1nc2ccc(C3CCN(S(C)(=O)=O)CC3)cn2c1-c1ccc(-c2nc(-c3ccc(C(F)(F)F)cc3)c(CO)s2)c(F)c1C. The second-order valence-electron chi connectivity index (χ2n) is 11.5. The summed E-state index contributed by atoms with van der Waals surface area (Å²) < 4.78 is 82.9. The van der Waals surface area contributed by atoms with Crippen LogP contribution in [0.15, 0.2) is 54.7 Å². The van der Waals surface area contributed by atoms with E-state index in [4.69, 9.17) is 4.98 Å². The number of alkyl halides is 3. The number of thiazole rings is 1. The van der Waals surface area contributed by atoms with E-state index in [1.54, 1.807) is 13.0 Å². The zero-order valence-corrected chi connectivity index (χ0v) is 27.0. The molecule has 5 aromatic rings. The molecule has 1 aliphatic rings. The maximum absolute atomic E-state index is 16.2. The van der Waals surface area contributed by atoms with E-state index in [2.05, 4.69) is 4.98 Å². The molecule has 1 saturated heterocycles. The number of fused-ring (bicyclic) bond motifs is 1. The summed E-state index contributed by atoms with van der Waals surface area (Å²) in [6, 6.07) is 11.9. The fourth-order valence-electron chi connectivity index (χ4n) is 6.13. The number of aromatic nitrogens is 3. The number of hydrogen-bond acceptors (Lipinski definition) is 6. The zero-order valence-electron chi connectivity index (χ0n) is 25.4. The molecular formula is C33H32F4N4O3S2. The van der Waals surface area contributed by atoms with Gasteiger partial charge in [0, 0.05) is 36.0 Å². The Hall–Kier alpha value is -3.65. The van der Waals surface area contributed by atoms with E-state index in [-0.39, 0.29) is 11.5 Å². The number of sulfonamides is 1. The molecule has 13 heteroatoms. The number of benzene rings is 2. The summed E-state index contributed by atoms with van der Waals surface area (Å²) in [5.41, 5.74) is 4.55. The molecule has 6 rings (SSSR count). The molecule has 7 nitrogen and oxygen atoms in total. The molecule has 0 aliphatic carbocycles. The standard InChI is InChI=1S/C33H32F4N4O3S2/c1-4-26-31(41-17-22(7-12-28(41)38-26)20-13-15-40(16-14-20)46(3,43)44)24-10-11-25(29(34)19(24)2)32-39-30(27(18-42)45-32)21-5-8-23(9-6-21)33(35,36)37/h5-12,17,20,42H,4,13-16,18H2,1-3H3. The van der Waals surface area contributed by atoms with Crippen molar-refractivity contribution < 1.29 is 31.1 Å². The number of aryl methyl sites for hydroxylation is 1. The van der Waals surface area contributed by atoms with Crippen LogP contribution >= 0.6 is 11.3 Å². The van der Waals surface area contributed by atoms with Crippen molar-refractivity contribution in [3.8, 4) is 33.1 Å². The quantitative estimate of drug-likeness (QED) is 0.182. The number of halogens is 4. The molecule has 0 amide bonds. The Kier molecular flexibility index (Phi) is 8.55. The Morgan fingerprint density at radius 1 is 1.00 bits per heavy atom. The molecule has 0 spiro atoms. The first-order valence-electron chi connectivity index (χ1n) is 14.8. The number of aliphatic hydroxyl groups is 1. The normalized spacial score (nSPS) is 15.2. The molecule has 0 bridgehead atoms. The number of hydrogen-bond donors (Lipinski definition) is 1. The van der Waals surface area contributed by atoms with E-state index >= 15 is 4.39 Å². The summed E-state index contributed by atoms with van der Waals surface area (Å²) in [5.74, 6) is -0.316. The number of rotatable bonds is 7. The van der Waals surface area contributed by atoms with Crippen molar-refractivity contribution in [1.82, 2.24) is 18.7 Å². The highest BCUT2D eigenvalue weighted by Gasteiger charge is 2.31. The zero-order chi connectivity index (χ0) is 33.0. The van der Waals surface area contributed by atoms with Gasteiger partial charge in [0.2, 0.25) is 10.0 Å². The van der Waals surface area contributed by atoms with Crippen LogP contribution in [0, 0.1) is 12.7 Å². The van der Waals surface area contributed by atoms with Gasteiger partial charge < -0.3 is 5.11 Å². The van der Waals surface area contributed by atoms with Crippen molar-refractivity contribution >= 4 is 27.0 Å². The largest absolute Gasteiger partial charge is 0.416 e. The molecule has 3 aromatic heterocycles. The van der Waals surface area contributed by atoms with E-state index in [1.807, 2.05) is 35.7 Å². The van der Waals surface area contributed by atoms with Crippen LogP contribution < -0.4 is 0 Å². The Labute approximate surface area is 268 Å². The predicted octanol–water partition coefficient (Wildman–Crippen LogP) is 7.45. The van der Waals surface area contributed by atoms with Gasteiger partial charge in [0.05, 0.1) is 40.4 Å². The maximum atomic E-state index is 16.2. The lowest BCUT2D eigenvalue weighted by Crippen LogP contribution is -2.37. The van der Waals surface area contributed by atoms with Crippen LogP contribution in [0.5, 0.6) is 0 Å². The Bertz CT molecular complexity index is 2030. The van der Waals surface area contributed by atoms with Gasteiger partial charge in [-0.2, -0.15) is 13.2 Å². The van der Waals surface area contributed by atoms with E-state index in [0.717, 1.165) is 46.1 Å². The highest BCUT2D eigenvalue weighted by molar-refractivity contribution is 7.88. The summed E-state index contributed by atoms with van der Waals surface area (Å²) in [6.45, 7) is 4.19. The van der Waals surface area contributed by atoms with Crippen LogP contribution in [0.25, 0.3) is 38.7 Å². The average molecular weight is 673 g/mol. The molecule has 1 aliphatic heterocycles. The van der Waals surface area contributed by atoms with E-state index in [0.29, 0.717) is 64.6 Å². The van der Waals surface area contributed by atoms with Crippen LogP contribution in [0.3, 0.4) is 0 Å². The van der Waals surface area contributed by atoms with Crippen LogP contribution in [-0.2, 0) is 29.2 Å². The molecule has 0 saturated carbocycles. The number of aliphatic hydroxyl groups excluding tert-OH is 1. The van der Waals surface area contributed by atoms with Gasteiger partial charge in [0.1, 0.15) is 16.5 Å². The fraction of sp³-hybridized carbons (Fsp3) is 0.333. The Balaban J connectivity index is 1.36. The molecule has 0 unspecified atom stereocenters. The summed E-state index contributed by atoms with van der Waals surface area (Å²) in [6.07, 6.45) is 0.784. The molecule has 242 valence electrons. The summed E-state index contributed by atoms with van der Waals surface area (Å²) in [4.78, 5) is 9.79. The van der Waals surface area contributed by atoms with E-state index < -0.39 is 34.2 Å². The van der Waals surface area contributed by atoms with Crippen molar-refractivity contribution in [3.63, 3.8) is 0 Å². The van der Waals surface area contributed by atoms with Crippen LogP contribution in [-0.4, -0.2) is 51.5 Å². The minimum absolute atomic E-state index is 0.174. The molecule has 0 radical (unpaired) electrons. The number of piperidine rings is 1. The smallest absolute Gasteiger partial charge is 0.391 e. The fourth-order valence-corrected chi connectivity index (χ4v) is 7.96. The molecule has 1 N–H and O–H groups in total. The summed E-state index contributed by atoms with van der Waals surface area (Å²) >= 11 is 1.09. The van der Waals surface area contributed by atoms with Crippen molar-refractivity contribution in [1.29, 1.82) is 0 Å². The second-order valence-corrected chi connectivity index (χ2v) is 14.6.